The molecule has 1 saturated heterocycles. The van der Waals surface area contributed by atoms with Crippen LogP contribution in [0.3, 0.4) is 0 Å². The Bertz CT molecular complexity index is 696. The van der Waals surface area contributed by atoms with E-state index in [1.54, 1.807) is 12.1 Å². The van der Waals surface area contributed by atoms with E-state index in [9.17, 15) is 9.59 Å². The highest BCUT2D eigenvalue weighted by atomic mass is 32.1. The molecule has 0 aliphatic carbocycles. The lowest BCUT2D eigenvalue weighted by atomic mass is 9.99. The molecule has 3 heterocycles. The number of furan rings is 1. The fourth-order valence-electron chi connectivity index (χ4n) is 3.02. The molecule has 2 aromatic heterocycles. The minimum absolute atomic E-state index is 0.121. The van der Waals surface area contributed by atoms with Gasteiger partial charge in [0.05, 0.1) is 18.4 Å². The number of nitrogens with one attached hydrogen (secondary N) is 1. The highest BCUT2D eigenvalue weighted by Gasteiger charge is 2.25. The third-order valence-electron chi connectivity index (χ3n) is 4.27. The van der Waals surface area contributed by atoms with Crippen molar-refractivity contribution in [3.63, 3.8) is 0 Å². The molecule has 0 saturated carbocycles. The lowest BCUT2D eigenvalue weighted by molar-refractivity contribution is -0.134. The van der Waals surface area contributed by atoms with E-state index in [2.05, 4.69) is 17.2 Å². The van der Waals surface area contributed by atoms with E-state index in [1.807, 2.05) is 10.3 Å². The molecule has 24 heavy (non-hydrogen) atoms. The van der Waals surface area contributed by atoms with Crippen molar-refractivity contribution < 1.29 is 14.0 Å². The molecule has 7 heteroatoms. The third-order valence-corrected chi connectivity index (χ3v) is 5.07. The monoisotopic (exact) mass is 347 g/mol. The van der Waals surface area contributed by atoms with Crippen LogP contribution in [0.25, 0.3) is 0 Å². The van der Waals surface area contributed by atoms with E-state index in [0.717, 1.165) is 25.8 Å². The minimum Gasteiger partial charge on any atom is -0.459 e. The Morgan fingerprint density at radius 3 is 3.08 bits per heavy atom. The number of amides is 2. The standard InChI is InChI=1S/C17H21N3O3S/c1-2-13-6-3-4-8-20(13)15(21)10-12-11-24-17(18-12)19-16(22)14-7-5-9-23-14/h5,7,9,11,13H,2-4,6,8,10H2,1H3,(H,18,19,22). The number of nitrogens with zero attached hydrogens (tertiary/aromatic N) is 2. The van der Waals surface area contributed by atoms with Gasteiger partial charge >= 0.3 is 0 Å². The molecule has 0 bridgehead atoms. The highest BCUT2D eigenvalue weighted by Crippen LogP contribution is 2.22. The topological polar surface area (TPSA) is 75.4 Å². The molecule has 2 aromatic rings. The van der Waals surface area contributed by atoms with Crippen molar-refractivity contribution in [2.24, 2.45) is 0 Å². The first-order valence-electron chi connectivity index (χ1n) is 8.26. The van der Waals surface area contributed by atoms with Gasteiger partial charge in [-0.2, -0.15) is 0 Å². The molecule has 128 valence electrons. The molecular formula is C17H21N3O3S. The van der Waals surface area contributed by atoms with Gasteiger partial charge in [0.25, 0.3) is 5.91 Å². The maximum atomic E-state index is 12.5. The molecule has 1 aliphatic rings. The van der Waals surface area contributed by atoms with Crippen molar-refractivity contribution in [3.05, 3.63) is 35.2 Å². The summed E-state index contributed by atoms with van der Waals surface area (Å²) in [6.45, 7) is 2.96. The second-order valence-corrected chi connectivity index (χ2v) is 6.76. The number of piperidine rings is 1. The normalized spacial score (nSPS) is 17.7. The molecule has 0 aromatic carbocycles. The number of anilines is 1. The van der Waals surface area contributed by atoms with Crippen molar-refractivity contribution >= 4 is 28.3 Å². The van der Waals surface area contributed by atoms with Crippen molar-refractivity contribution in [1.82, 2.24) is 9.88 Å². The molecule has 1 N–H and O–H groups in total. The number of hydrogen-bond donors (Lipinski definition) is 1. The van der Waals surface area contributed by atoms with Crippen LogP contribution in [0.15, 0.2) is 28.2 Å². The van der Waals surface area contributed by atoms with Crippen LogP contribution in [0, 0.1) is 0 Å². The van der Waals surface area contributed by atoms with Gasteiger partial charge in [-0.15, -0.1) is 11.3 Å². The van der Waals surface area contributed by atoms with Gasteiger partial charge in [0, 0.05) is 18.0 Å². The Hall–Kier alpha value is -2.15. The summed E-state index contributed by atoms with van der Waals surface area (Å²) in [5.41, 5.74) is 0.695. The van der Waals surface area contributed by atoms with Crippen LogP contribution in [0.4, 0.5) is 5.13 Å². The summed E-state index contributed by atoms with van der Waals surface area (Å²) in [6.07, 6.45) is 6.08. The van der Waals surface area contributed by atoms with Crippen molar-refractivity contribution in [3.8, 4) is 0 Å². The molecule has 3 rings (SSSR count). The van der Waals surface area contributed by atoms with Gasteiger partial charge < -0.3 is 9.32 Å². The molecule has 1 aliphatic heterocycles. The molecule has 1 fully saturated rings. The number of aromatic nitrogens is 1. The largest absolute Gasteiger partial charge is 0.459 e. The van der Waals surface area contributed by atoms with Crippen LogP contribution in [-0.2, 0) is 11.2 Å². The Morgan fingerprint density at radius 1 is 1.46 bits per heavy atom. The van der Waals surface area contributed by atoms with E-state index in [1.165, 1.54) is 24.0 Å². The highest BCUT2D eigenvalue weighted by molar-refractivity contribution is 7.14. The number of thiazole rings is 1. The molecule has 2 amide bonds. The number of rotatable bonds is 5. The van der Waals surface area contributed by atoms with Gasteiger partial charge in [0.2, 0.25) is 5.91 Å². The van der Waals surface area contributed by atoms with E-state index in [0.29, 0.717) is 16.9 Å². The summed E-state index contributed by atoms with van der Waals surface area (Å²) in [7, 11) is 0. The third kappa shape index (κ3) is 3.84. The fraction of sp³-hybridized carbons (Fsp3) is 0.471. The van der Waals surface area contributed by atoms with Crippen LogP contribution < -0.4 is 5.32 Å². The molecule has 0 radical (unpaired) electrons. The lowest BCUT2D eigenvalue weighted by Gasteiger charge is -2.35. The number of carbonyl (C=O) groups excluding carboxylic acids is 2. The van der Waals surface area contributed by atoms with Crippen LogP contribution >= 0.6 is 11.3 Å². The van der Waals surface area contributed by atoms with E-state index in [-0.39, 0.29) is 24.0 Å². The molecule has 1 atom stereocenters. The minimum atomic E-state index is -0.339. The van der Waals surface area contributed by atoms with Gasteiger partial charge in [-0.05, 0) is 37.8 Å². The van der Waals surface area contributed by atoms with Gasteiger partial charge in [0.15, 0.2) is 10.9 Å². The van der Waals surface area contributed by atoms with Crippen LogP contribution in [-0.4, -0.2) is 34.3 Å². The predicted molar refractivity (Wildman–Crippen MR) is 92.1 cm³/mol. The van der Waals surface area contributed by atoms with Crippen LogP contribution in [0.1, 0.15) is 48.9 Å². The summed E-state index contributed by atoms with van der Waals surface area (Å²) < 4.78 is 5.05. The first kappa shape index (κ1) is 16.7. The molecule has 6 nitrogen and oxygen atoms in total. The lowest BCUT2D eigenvalue weighted by Crippen LogP contribution is -2.44. The van der Waals surface area contributed by atoms with Gasteiger partial charge in [-0.3, -0.25) is 14.9 Å². The number of carbonyl (C=O) groups is 2. The van der Waals surface area contributed by atoms with E-state index < -0.39 is 0 Å². The van der Waals surface area contributed by atoms with Crippen molar-refractivity contribution in [1.29, 1.82) is 0 Å². The zero-order valence-corrected chi connectivity index (χ0v) is 14.5. The predicted octanol–water partition coefficient (Wildman–Crippen LogP) is 3.32. The van der Waals surface area contributed by atoms with Crippen LogP contribution in [0.5, 0.6) is 0 Å². The van der Waals surface area contributed by atoms with Gasteiger partial charge in [-0.1, -0.05) is 6.92 Å². The van der Waals surface area contributed by atoms with E-state index >= 15 is 0 Å². The summed E-state index contributed by atoms with van der Waals surface area (Å²) in [5.74, 6) is 0.0204. The first-order chi connectivity index (χ1) is 11.7. The molecule has 0 spiro atoms. The average molecular weight is 347 g/mol. The second-order valence-electron chi connectivity index (χ2n) is 5.90. The second kappa shape index (κ2) is 7.61. The quantitative estimate of drug-likeness (QED) is 0.900. The maximum Gasteiger partial charge on any atom is 0.293 e. The average Bonchev–Trinajstić information content (AvgIpc) is 3.27. The van der Waals surface area contributed by atoms with Gasteiger partial charge in [-0.25, -0.2) is 4.98 Å². The smallest absolute Gasteiger partial charge is 0.293 e. The number of hydrogen-bond acceptors (Lipinski definition) is 5. The van der Waals surface area contributed by atoms with Crippen LogP contribution in [0.2, 0.25) is 0 Å². The zero-order chi connectivity index (χ0) is 16.9. The fourth-order valence-corrected chi connectivity index (χ4v) is 3.73. The van der Waals surface area contributed by atoms with E-state index in [4.69, 9.17) is 4.42 Å². The Labute approximate surface area is 144 Å². The van der Waals surface area contributed by atoms with Gasteiger partial charge in [0.1, 0.15) is 0 Å². The molecule has 1 unspecified atom stereocenters. The Balaban J connectivity index is 1.59. The van der Waals surface area contributed by atoms with Crippen molar-refractivity contribution in [2.45, 2.75) is 45.1 Å². The molecular weight excluding hydrogens is 326 g/mol. The summed E-state index contributed by atoms with van der Waals surface area (Å²) in [4.78, 5) is 30.8. The Morgan fingerprint density at radius 2 is 2.33 bits per heavy atom. The Kier molecular flexibility index (Phi) is 5.30. The zero-order valence-electron chi connectivity index (χ0n) is 13.7. The summed E-state index contributed by atoms with van der Waals surface area (Å²) >= 11 is 1.31. The number of likely N-dealkylation sites (tertiary alicyclic amines) is 1. The van der Waals surface area contributed by atoms with Crippen molar-refractivity contribution in [2.75, 3.05) is 11.9 Å². The SMILES string of the molecule is CCC1CCCCN1C(=O)Cc1csc(NC(=O)c2ccco2)n1. The summed E-state index contributed by atoms with van der Waals surface area (Å²) in [6, 6.07) is 3.60. The summed E-state index contributed by atoms with van der Waals surface area (Å²) in [5, 5.41) is 4.98. The first-order valence-corrected chi connectivity index (χ1v) is 9.14. The maximum absolute atomic E-state index is 12.5.